The molecular formula is C14H12N4O4. The highest BCUT2D eigenvalue weighted by Crippen LogP contribution is 2.23. The summed E-state index contributed by atoms with van der Waals surface area (Å²) in [6, 6.07) is 6.26. The molecule has 8 heteroatoms. The number of imide groups is 1. The summed E-state index contributed by atoms with van der Waals surface area (Å²) in [5.74, 6) is -2.25. The Morgan fingerprint density at radius 2 is 1.82 bits per heavy atom. The number of carbonyl (C=O) groups is 3. The van der Waals surface area contributed by atoms with Crippen molar-refractivity contribution in [2.24, 2.45) is 0 Å². The predicted octanol–water partition coefficient (Wildman–Crippen LogP) is 1.06. The van der Waals surface area contributed by atoms with Crippen molar-refractivity contribution in [1.29, 1.82) is 0 Å². The predicted molar refractivity (Wildman–Crippen MR) is 72.7 cm³/mol. The van der Waals surface area contributed by atoms with Crippen molar-refractivity contribution >= 4 is 17.8 Å². The third-order valence-electron chi connectivity index (χ3n) is 3.13. The second-order valence-corrected chi connectivity index (χ2v) is 4.70. The fraction of sp³-hybridized carbons (Fsp3) is 0.214. The van der Waals surface area contributed by atoms with E-state index in [1.807, 2.05) is 6.92 Å². The van der Waals surface area contributed by atoms with Crippen LogP contribution in [-0.2, 0) is 11.4 Å². The number of nitrogens with zero attached hydrogens (tertiary/aromatic N) is 4. The summed E-state index contributed by atoms with van der Waals surface area (Å²) in [7, 11) is 0. The van der Waals surface area contributed by atoms with Gasteiger partial charge >= 0.3 is 5.97 Å². The van der Waals surface area contributed by atoms with Crippen LogP contribution >= 0.6 is 0 Å². The summed E-state index contributed by atoms with van der Waals surface area (Å²) < 4.78 is 1.49. The standard InChI is InChI=1S/C14H12N4O4/c1-2-7-17-8-11(15-16-17)14(21)22-18-12(19)9-5-3-4-6-10(9)13(18)20/h3-6,8H,2,7H2,1H3. The number of hydrogen-bond donors (Lipinski definition) is 0. The van der Waals surface area contributed by atoms with Crippen LogP contribution in [0.4, 0.5) is 0 Å². The van der Waals surface area contributed by atoms with Crippen LogP contribution in [0.1, 0.15) is 44.5 Å². The lowest BCUT2D eigenvalue weighted by molar-refractivity contribution is -0.0588. The van der Waals surface area contributed by atoms with Crippen molar-refractivity contribution in [2.75, 3.05) is 0 Å². The number of benzene rings is 1. The normalized spacial score (nSPS) is 13.4. The van der Waals surface area contributed by atoms with Crippen molar-refractivity contribution < 1.29 is 19.2 Å². The molecule has 22 heavy (non-hydrogen) atoms. The van der Waals surface area contributed by atoms with Gasteiger partial charge < -0.3 is 4.84 Å². The van der Waals surface area contributed by atoms with E-state index in [2.05, 4.69) is 10.3 Å². The van der Waals surface area contributed by atoms with Gasteiger partial charge in [-0.1, -0.05) is 29.3 Å². The van der Waals surface area contributed by atoms with Crippen molar-refractivity contribution in [1.82, 2.24) is 20.1 Å². The highest BCUT2D eigenvalue weighted by Gasteiger charge is 2.39. The van der Waals surface area contributed by atoms with E-state index in [1.165, 1.54) is 23.0 Å². The lowest BCUT2D eigenvalue weighted by atomic mass is 10.1. The monoisotopic (exact) mass is 300 g/mol. The van der Waals surface area contributed by atoms with Crippen molar-refractivity contribution in [3.63, 3.8) is 0 Å². The number of aryl methyl sites for hydroxylation is 1. The molecule has 3 rings (SSSR count). The molecule has 0 saturated carbocycles. The average Bonchev–Trinajstić information content (AvgIpc) is 3.08. The summed E-state index contributed by atoms with van der Waals surface area (Å²) in [5.41, 5.74) is 0.342. The van der Waals surface area contributed by atoms with Gasteiger partial charge in [-0.2, -0.15) is 0 Å². The third kappa shape index (κ3) is 2.24. The smallest absolute Gasteiger partial charge is 0.322 e. The molecule has 0 spiro atoms. The van der Waals surface area contributed by atoms with Crippen LogP contribution in [0.3, 0.4) is 0 Å². The molecule has 0 radical (unpaired) electrons. The summed E-state index contributed by atoms with van der Waals surface area (Å²) in [6.45, 7) is 2.56. The molecule has 0 atom stereocenters. The molecular weight excluding hydrogens is 288 g/mol. The van der Waals surface area contributed by atoms with E-state index in [9.17, 15) is 14.4 Å². The fourth-order valence-electron chi connectivity index (χ4n) is 2.11. The van der Waals surface area contributed by atoms with Gasteiger partial charge in [0.25, 0.3) is 11.8 Å². The summed E-state index contributed by atoms with van der Waals surface area (Å²) in [5, 5.41) is 7.87. The zero-order chi connectivity index (χ0) is 15.7. The highest BCUT2D eigenvalue weighted by atomic mass is 16.7. The van der Waals surface area contributed by atoms with E-state index in [0.29, 0.717) is 11.6 Å². The number of carbonyl (C=O) groups excluding carboxylic acids is 3. The van der Waals surface area contributed by atoms with Crippen LogP contribution in [0.25, 0.3) is 0 Å². The zero-order valence-electron chi connectivity index (χ0n) is 11.7. The first-order valence-corrected chi connectivity index (χ1v) is 6.72. The first-order valence-electron chi connectivity index (χ1n) is 6.72. The van der Waals surface area contributed by atoms with E-state index in [0.717, 1.165) is 6.42 Å². The maximum absolute atomic E-state index is 12.1. The molecule has 1 aliphatic heterocycles. The molecule has 2 heterocycles. The van der Waals surface area contributed by atoms with Gasteiger partial charge in [-0.05, 0) is 18.6 Å². The van der Waals surface area contributed by atoms with Gasteiger partial charge in [-0.15, -0.1) is 5.10 Å². The first-order chi connectivity index (χ1) is 10.6. The summed E-state index contributed by atoms with van der Waals surface area (Å²) in [6.07, 6.45) is 2.24. The Morgan fingerprint density at radius 3 is 2.41 bits per heavy atom. The molecule has 2 amide bonds. The largest absolute Gasteiger partial charge is 0.385 e. The van der Waals surface area contributed by atoms with Crippen LogP contribution in [0.5, 0.6) is 0 Å². The van der Waals surface area contributed by atoms with E-state index in [4.69, 9.17) is 4.84 Å². The molecule has 1 aromatic heterocycles. The maximum Gasteiger partial charge on any atom is 0.385 e. The van der Waals surface area contributed by atoms with E-state index in [1.54, 1.807) is 12.1 Å². The van der Waals surface area contributed by atoms with Gasteiger partial charge in [0.1, 0.15) is 0 Å². The first kappa shape index (κ1) is 13.9. The second kappa shape index (κ2) is 5.40. The van der Waals surface area contributed by atoms with Gasteiger partial charge in [0.05, 0.1) is 17.3 Å². The minimum absolute atomic E-state index is 0.0648. The minimum atomic E-state index is -0.906. The fourth-order valence-corrected chi connectivity index (χ4v) is 2.11. The Bertz CT molecular complexity index is 733. The molecule has 0 unspecified atom stereocenters. The van der Waals surface area contributed by atoms with Crippen LogP contribution in [0, 0.1) is 0 Å². The quantitative estimate of drug-likeness (QED) is 0.783. The number of hydrogen-bond acceptors (Lipinski definition) is 6. The lowest BCUT2D eigenvalue weighted by Crippen LogP contribution is -2.32. The van der Waals surface area contributed by atoms with Crippen molar-refractivity contribution in [3.8, 4) is 0 Å². The van der Waals surface area contributed by atoms with Gasteiger partial charge in [0.2, 0.25) is 0 Å². The Balaban J connectivity index is 1.77. The molecule has 1 aliphatic rings. The number of aromatic nitrogens is 3. The molecule has 0 aliphatic carbocycles. The lowest BCUT2D eigenvalue weighted by Gasteiger charge is -2.11. The van der Waals surface area contributed by atoms with Crippen molar-refractivity contribution in [3.05, 3.63) is 47.3 Å². The number of amides is 2. The molecule has 112 valence electrons. The van der Waals surface area contributed by atoms with E-state index in [-0.39, 0.29) is 16.8 Å². The SMILES string of the molecule is CCCn1cc(C(=O)ON2C(=O)c3ccccc3C2=O)nn1. The van der Waals surface area contributed by atoms with Crippen LogP contribution in [-0.4, -0.2) is 37.8 Å². The molecule has 2 aromatic rings. The van der Waals surface area contributed by atoms with Crippen molar-refractivity contribution in [2.45, 2.75) is 19.9 Å². The van der Waals surface area contributed by atoms with Crippen LogP contribution in [0.15, 0.2) is 30.5 Å². The number of rotatable bonds is 4. The maximum atomic E-state index is 12.1. The Kier molecular flexibility index (Phi) is 3.42. The van der Waals surface area contributed by atoms with E-state index >= 15 is 0 Å². The number of fused-ring (bicyclic) bond motifs is 1. The topological polar surface area (TPSA) is 94.4 Å². The number of hydroxylamine groups is 2. The minimum Gasteiger partial charge on any atom is -0.322 e. The molecule has 0 saturated heterocycles. The van der Waals surface area contributed by atoms with Gasteiger partial charge in [-0.25, -0.2) is 4.79 Å². The molecule has 0 fully saturated rings. The second-order valence-electron chi connectivity index (χ2n) is 4.70. The zero-order valence-corrected chi connectivity index (χ0v) is 11.7. The van der Waals surface area contributed by atoms with Gasteiger partial charge in [0, 0.05) is 6.54 Å². The van der Waals surface area contributed by atoms with Gasteiger partial charge in [0.15, 0.2) is 5.69 Å². The molecule has 0 bridgehead atoms. The summed E-state index contributed by atoms with van der Waals surface area (Å²) >= 11 is 0. The average molecular weight is 300 g/mol. The summed E-state index contributed by atoms with van der Waals surface area (Å²) in [4.78, 5) is 41.0. The van der Waals surface area contributed by atoms with Crippen LogP contribution in [0.2, 0.25) is 0 Å². The Labute approximate surface area is 125 Å². The molecule has 8 nitrogen and oxygen atoms in total. The third-order valence-corrected chi connectivity index (χ3v) is 3.13. The van der Waals surface area contributed by atoms with Crippen LogP contribution < -0.4 is 0 Å². The Morgan fingerprint density at radius 1 is 1.18 bits per heavy atom. The van der Waals surface area contributed by atoms with E-state index < -0.39 is 17.8 Å². The Hall–Kier alpha value is -3.03. The molecule has 1 aromatic carbocycles. The van der Waals surface area contributed by atoms with Gasteiger partial charge in [-0.3, -0.25) is 14.3 Å². The highest BCUT2D eigenvalue weighted by molar-refractivity contribution is 6.21. The molecule has 0 N–H and O–H groups in total.